The molecule has 1 aromatic carbocycles. The maximum atomic E-state index is 3.77. The summed E-state index contributed by atoms with van der Waals surface area (Å²) in [5, 5.41) is 3.77. The average Bonchev–Trinajstić information content (AvgIpc) is 2.40. The van der Waals surface area contributed by atoms with Crippen LogP contribution < -0.4 is 5.32 Å². The Labute approximate surface area is 119 Å². The number of rotatable bonds is 8. The van der Waals surface area contributed by atoms with Gasteiger partial charge in [0.25, 0.3) is 0 Å². The molecule has 0 spiro atoms. The SMILES string of the molecule is CCCNC(Cc1c(C)cccc1C)C(CC)CC. The van der Waals surface area contributed by atoms with Crippen LogP contribution in [-0.2, 0) is 6.42 Å². The van der Waals surface area contributed by atoms with Crippen LogP contribution >= 0.6 is 0 Å². The minimum absolute atomic E-state index is 0.620. The van der Waals surface area contributed by atoms with E-state index in [9.17, 15) is 0 Å². The predicted molar refractivity (Wildman–Crippen MR) is 85.8 cm³/mol. The monoisotopic (exact) mass is 261 g/mol. The third-order valence-electron chi connectivity index (χ3n) is 4.34. The van der Waals surface area contributed by atoms with Crippen molar-refractivity contribution in [2.45, 2.75) is 66.3 Å². The van der Waals surface area contributed by atoms with E-state index in [2.05, 4.69) is 58.1 Å². The molecule has 1 atom stereocenters. The van der Waals surface area contributed by atoms with Crippen molar-refractivity contribution in [3.8, 4) is 0 Å². The molecule has 0 aromatic heterocycles. The van der Waals surface area contributed by atoms with Gasteiger partial charge in [0.1, 0.15) is 0 Å². The second-order valence-corrected chi connectivity index (χ2v) is 5.71. The number of aryl methyl sites for hydroxylation is 2. The maximum Gasteiger partial charge on any atom is 0.0136 e. The molecule has 1 N–H and O–H groups in total. The highest BCUT2D eigenvalue weighted by Crippen LogP contribution is 2.21. The number of nitrogens with one attached hydrogen (secondary N) is 1. The lowest BCUT2D eigenvalue weighted by molar-refractivity contribution is 0.331. The van der Waals surface area contributed by atoms with E-state index in [4.69, 9.17) is 0 Å². The zero-order valence-electron chi connectivity index (χ0n) is 13.4. The number of hydrogen-bond donors (Lipinski definition) is 1. The minimum Gasteiger partial charge on any atom is -0.313 e. The summed E-state index contributed by atoms with van der Waals surface area (Å²) in [6.45, 7) is 12.5. The van der Waals surface area contributed by atoms with Crippen LogP contribution in [0.5, 0.6) is 0 Å². The Morgan fingerprint density at radius 3 is 2.05 bits per heavy atom. The Bertz CT molecular complexity index is 346. The zero-order valence-corrected chi connectivity index (χ0v) is 13.4. The van der Waals surface area contributed by atoms with E-state index in [1.807, 2.05) is 0 Å². The molecule has 0 aliphatic heterocycles. The molecule has 0 aliphatic carbocycles. The molecule has 0 bridgehead atoms. The van der Waals surface area contributed by atoms with E-state index < -0.39 is 0 Å². The van der Waals surface area contributed by atoms with E-state index in [1.54, 1.807) is 5.56 Å². The fraction of sp³-hybridized carbons (Fsp3) is 0.667. The quantitative estimate of drug-likeness (QED) is 0.718. The van der Waals surface area contributed by atoms with Gasteiger partial charge in [-0.2, -0.15) is 0 Å². The molecule has 1 unspecified atom stereocenters. The van der Waals surface area contributed by atoms with Crippen LogP contribution in [0.25, 0.3) is 0 Å². The van der Waals surface area contributed by atoms with Gasteiger partial charge in [-0.05, 0) is 55.8 Å². The molecule has 19 heavy (non-hydrogen) atoms. The van der Waals surface area contributed by atoms with Crippen LogP contribution in [0.2, 0.25) is 0 Å². The zero-order chi connectivity index (χ0) is 14.3. The van der Waals surface area contributed by atoms with E-state index in [0.29, 0.717) is 6.04 Å². The third-order valence-corrected chi connectivity index (χ3v) is 4.34. The Kier molecular flexibility index (Phi) is 7.15. The average molecular weight is 261 g/mol. The summed E-state index contributed by atoms with van der Waals surface area (Å²) in [4.78, 5) is 0. The molecule has 108 valence electrons. The van der Waals surface area contributed by atoms with Gasteiger partial charge in [-0.3, -0.25) is 0 Å². The standard InChI is InChI=1S/C18H31N/c1-6-12-19-18(16(7-2)8-3)13-17-14(4)10-9-11-15(17)5/h9-11,16,18-19H,6-8,12-13H2,1-5H3. The van der Waals surface area contributed by atoms with Crippen molar-refractivity contribution in [2.75, 3.05) is 6.54 Å². The smallest absolute Gasteiger partial charge is 0.0136 e. The number of benzene rings is 1. The van der Waals surface area contributed by atoms with Gasteiger partial charge in [-0.1, -0.05) is 51.8 Å². The molecule has 0 amide bonds. The molecule has 0 aliphatic rings. The lowest BCUT2D eigenvalue weighted by atomic mass is 9.86. The van der Waals surface area contributed by atoms with Gasteiger partial charge in [-0.25, -0.2) is 0 Å². The fourth-order valence-corrected chi connectivity index (χ4v) is 2.98. The van der Waals surface area contributed by atoms with Crippen LogP contribution in [0.3, 0.4) is 0 Å². The molecule has 0 saturated heterocycles. The van der Waals surface area contributed by atoms with Crippen molar-refractivity contribution in [3.05, 3.63) is 34.9 Å². The first kappa shape index (κ1) is 16.2. The van der Waals surface area contributed by atoms with Gasteiger partial charge in [0.05, 0.1) is 0 Å². The Morgan fingerprint density at radius 1 is 1.00 bits per heavy atom. The lowest BCUT2D eigenvalue weighted by Crippen LogP contribution is -2.38. The van der Waals surface area contributed by atoms with Gasteiger partial charge in [0.2, 0.25) is 0 Å². The second-order valence-electron chi connectivity index (χ2n) is 5.71. The maximum absolute atomic E-state index is 3.77. The molecule has 1 aromatic rings. The highest BCUT2D eigenvalue weighted by atomic mass is 14.9. The number of hydrogen-bond acceptors (Lipinski definition) is 1. The first-order valence-electron chi connectivity index (χ1n) is 7.92. The third kappa shape index (κ3) is 4.65. The van der Waals surface area contributed by atoms with Crippen LogP contribution in [0, 0.1) is 19.8 Å². The highest BCUT2D eigenvalue weighted by Gasteiger charge is 2.19. The van der Waals surface area contributed by atoms with Gasteiger partial charge in [0, 0.05) is 6.04 Å². The Balaban J connectivity index is 2.86. The lowest BCUT2D eigenvalue weighted by Gasteiger charge is -2.28. The summed E-state index contributed by atoms with van der Waals surface area (Å²) >= 11 is 0. The summed E-state index contributed by atoms with van der Waals surface area (Å²) in [5.41, 5.74) is 4.42. The van der Waals surface area contributed by atoms with E-state index in [-0.39, 0.29) is 0 Å². The second kappa shape index (κ2) is 8.37. The first-order valence-corrected chi connectivity index (χ1v) is 7.92. The molecule has 1 heteroatoms. The van der Waals surface area contributed by atoms with E-state index in [1.165, 1.54) is 36.8 Å². The van der Waals surface area contributed by atoms with Gasteiger partial charge < -0.3 is 5.32 Å². The fourth-order valence-electron chi connectivity index (χ4n) is 2.98. The molecule has 0 fully saturated rings. The Hall–Kier alpha value is -0.820. The first-order chi connectivity index (χ1) is 9.13. The Morgan fingerprint density at radius 2 is 1.58 bits per heavy atom. The van der Waals surface area contributed by atoms with Crippen molar-refractivity contribution in [1.29, 1.82) is 0 Å². The summed E-state index contributed by atoms with van der Waals surface area (Å²) in [7, 11) is 0. The van der Waals surface area contributed by atoms with Crippen LogP contribution in [0.15, 0.2) is 18.2 Å². The normalized spacial score (nSPS) is 12.9. The molecular formula is C18H31N. The molecular weight excluding hydrogens is 230 g/mol. The molecule has 1 rings (SSSR count). The van der Waals surface area contributed by atoms with Crippen LogP contribution in [0.1, 0.15) is 56.7 Å². The van der Waals surface area contributed by atoms with Crippen molar-refractivity contribution in [1.82, 2.24) is 5.32 Å². The summed E-state index contributed by atoms with van der Waals surface area (Å²) in [6, 6.07) is 7.27. The van der Waals surface area contributed by atoms with Crippen molar-refractivity contribution in [2.24, 2.45) is 5.92 Å². The van der Waals surface area contributed by atoms with E-state index >= 15 is 0 Å². The topological polar surface area (TPSA) is 12.0 Å². The predicted octanol–water partition coefficient (Wildman–Crippen LogP) is 4.65. The minimum atomic E-state index is 0.620. The molecule has 0 saturated carbocycles. The molecule has 0 heterocycles. The summed E-state index contributed by atoms with van der Waals surface area (Å²) < 4.78 is 0. The van der Waals surface area contributed by atoms with Crippen LogP contribution in [-0.4, -0.2) is 12.6 Å². The van der Waals surface area contributed by atoms with Crippen molar-refractivity contribution < 1.29 is 0 Å². The van der Waals surface area contributed by atoms with Gasteiger partial charge >= 0.3 is 0 Å². The highest BCUT2D eigenvalue weighted by molar-refractivity contribution is 5.34. The molecule has 1 nitrogen and oxygen atoms in total. The van der Waals surface area contributed by atoms with Gasteiger partial charge in [0.15, 0.2) is 0 Å². The van der Waals surface area contributed by atoms with Crippen molar-refractivity contribution in [3.63, 3.8) is 0 Å². The largest absolute Gasteiger partial charge is 0.313 e. The van der Waals surface area contributed by atoms with E-state index in [0.717, 1.165) is 12.5 Å². The van der Waals surface area contributed by atoms with Gasteiger partial charge in [-0.15, -0.1) is 0 Å². The summed E-state index contributed by atoms with van der Waals surface area (Å²) in [5.74, 6) is 0.783. The molecule has 0 radical (unpaired) electrons. The van der Waals surface area contributed by atoms with Crippen molar-refractivity contribution >= 4 is 0 Å². The van der Waals surface area contributed by atoms with Crippen LogP contribution in [0.4, 0.5) is 0 Å². The summed E-state index contributed by atoms with van der Waals surface area (Å²) in [6.07, 6.45) is 4.92.